The predicted octanol–water partition coefficient (Wildman–Crippen LogP) is 2.74. The first-order valence-corrected chi connectivity index (χ1v) is 9.53. The van der Waals surface area contributed by atoms with Gasteiger partial charge in [-0.2, -0.15) is 0 Å². The molecule has 2 unspecified atom stereocenters. The smallest absolute Gasteiger partial charge is 0.417 e. The molecule has 0 radical (unpaired) electrons. The fourth-order valence-electron chi connectivity index (χ4n) is 2.58. The number of carbonyl (C=O) groups excluding carboxylic acids is 2. The number of likely N-dealkylation sites (N-methyl/N-ethyl adjacent to an activating group) is 1. The highest BCUT2D eigenvalue weighted by Gasteiger charge is 2.25. The second-order valence-electron chi connectivity index (χ2n) is 6.45. The molecule has 0 spiro atoms. The van der Waals surface area contributed by atoms with Crippen molar-refractivity contribution >= 4 is 24.0 Å². The summed E-state index contributed by atoms with van der Waals surface area (Å²) in [4.78, 5) is 36.4. The Hall–Kier alpha value is -3.10. The lowest BCUT2D eigenvalue weighted by Crippen LogP contribution is -2.49. The lowest BCUT2D eigenvalue weighted by atomic mass is 10.1. The minimum Gasteiger partial charge on any atom is -0.480 e. The van der Waals surface area contributed by atoms with Gasteiger partial charge >= 0.3 is 18.0 Å². The standard InChI is InChI=1S/C20H29N3O6/c1-4-9-17(28-16(24)13-12-14-10-7-6-8-11-14)29-20(27)22-19(21)23(3)15(5-2)18(25)26/h6-8,10-11,15,17H,4-5,9,12-13H2,1-3H3,(H,25,26)(H2,21,22,27). The zero-order valence-electron chi connectivity index (χ0n) is 17.0. The summed E-state index contributed by atoms with van der Waals surface area (Å²) < 4.78 is 10.3. The first-order valence-electron chi connectivity index (χ1n) is 9.53. The maximum absolute atomic E-state index is 12.1. The molecule has 2 atom stereocenters. The van der Waals surface area contributed by atoms with Crippen molar-refractivity contribution in [2.75, 3.05) is 7.05 Å². The SMILES string of the molecule is CCCC(OC(=O)CCc1ccccc1)OC(=O)NC(=N)N(C)C(CC)C(=O)O. The van der Waals surface area contributed by atoms with Crippen LogP contribution in [-0.4, -0.2) is 53.4 Å². The summed E-state index contributed by atoms with van der Waals surface area (Å²) in [5.74, 6) is -2.02. The van der Waals surface area contributed by atoms with Gasteiger partial charge in [-0.25, -0.2) is 9.59 Å². The van der Waals surface area contributed by atoms with Crippen LogP contribution in [0.2, 0.25) is 0 Å². The largest absolute Gasteiger partial charge is 0.480 e. The van der Waals surface area contributed by atoms with Crippen molar-refractivity contribution in [3.63, 3.8) is 0 Å². The Labute approximate surface area is 170 Å². The number of amides is 1. The fraction of sp³-hybridized carbons (Fsp3) is 0.500. The van der Waals surface area contributed by atoms with E-state index in [1.165, 1.54) is 7.05 Å². The van der Waals surface area contributed by atoms with Gasteiger partial charge in [0.15, 0.2) is 0 Å². The van der Waals surface area contributed by atoms with Gasteiger partial charge in [-0.1, -0.05) is 44.2 Å². The third-order valence-electron chi connectivity index (χ3n) is 4.20. The zero-order valence-corrected chi connectivity index (χ0v) is 17.0. The molecule has 0 aromatic heterocycles. The lowest BCUT2D eigenvalue weighted by molar-refractivity contribution is -0.168. The van der Waals surface area contributed by atoms with Crippen LogP contribution in [-0.2, 0) is 25.5 Å². The van der Waals surface area contributed by atoms with Gasteiger partial charge in [0.05, 0.1) is 0 Å². The van der Waals surface area contributed by atoms with E-state index in [-0.39, 0.29) is 12.8 Å². The lowest BCUT2D eigenvalue weighted by Gasteiger charge is -2.26. The van der Waals surface area contributed by atoms with Crippen LogP contribution >= 0.6 is 0 Å². The van der Waals surface area contributed by atoms with E-state index >= 15 is 0 Å². The summed E-state index contributed by atoms with van der Waals surface area (Å²) in [5.41, 5.74) is 0.996. The number of aliphatic carboxylic acids is 1. The summed E-state index contributed by atoms with van der Waals surface area (Å²) in [6, 6.07) is 8.51. The molecule has 0 fully saturated rings. The molecule has 0 aliphatic carbocycles. The van der Waals surface area contributed by atoms with Crippen molar-refractivity contribution in [1.29, 1.82) is 5.41 Å². The van der Waals surface area contributed by atoms with Crippen LogP contribution in [0.1, 0.15) is 45.1 Å². The molecule has 1 rings (SSSR count). The number of carbonyl (C=O) groups is 3. The molecule has 0 aliphatic rings. The highest BCUT2D eigenvalue weighted by Crippen LogP contribution is 2.09. The number of hydrogen-bond acceptors (Lipinski definition) is 6. The van der Waals surface area contributed by atoms with Gasteiger partial charge in [-0.05, 0) is 24.8 Å². The van der Waals surface area contributed by atoms with Crippen LogP contribution in [0, 0.1) is 5.41 Å². The Bertz CT molecular complexity index is 695. The first kappa shape index (κ1) is 23.9. The molecule has 1 aromatic rings. The quantitative estimate of drug-likeness (QED) is 0.235. The van der Waals surface area contributed by atoms with Gasteiger partial charge in [-0.3, -0.25) is 15.5 Å². The summed E-state index contributed by atoms with van der Waals surface area (Å²) in [6.07, 6.45) is -0.251. The number of benzene rings is 1. The average Bonchev–Trinajstić information content (AvgIpc) is 2.67. The number of hydrogen-bond donors (Lipinski definition) is 3. The molecule has 0 saturated heterocycles. The number of ether oxygens (including phenoxy) is 2. The minimum atomic E-state index is -1.11. The van der Waals surface area contributed by atoms with Crippen molar-refractivity contribution in [2.45, 2.75) is 58.3 Å². The summed E-state index contributed by atoms with van der Waals surface area (Å²) in [7, 11) is 1.39. The maximum Gasteiger partial charge on any atom is 0.417 e. The topological polar surface area (TPSA) is 129 Å². The third kappa shape index (κ3) is 8.63. The molecule has 1 amide bonds. The number of carboxylic acid groups (broad SMARTS) is 1. The van der Waals surface area contributed by atoms with E-state index in [1.54, 1.807) is 6.92 Å². The normalized spacial score (nSPS) is 12.4. The number of esters is 1. The molecule has 29 heavy (non-hydrogen) atoms. The van der Waals surface area contributed by atoms with Crippen LogP contribution < -0.4 is 5.32 Å². The third-order valence-corrected chi connectivity index (χ3v) is 4.20. The second-order valence-corrected chi connectivity index (χ2v) is 6.45. The summed E-state index contributed by atoms with van der Waals surface area (Å²) in [5, 5.41) is 19.1. The molecular weight excluding hydrogens is 378 g/mol. The van der Waals surface area contributed by atoms with Gasteiger partial charge in [0, 0.05) is 19.9 Å². The monoisotopic (exact) mass is 407 g/mol. The molecule has 3 N–H and O–H groups in total. The molecule has 0 aliphatic heterocycles. The Morgan fingerprint density at radius 3 is 2.38 bits per heavy atom. The van der Waals surface area contributed by atoms with Gasteiger partial charge < -0.3 is 19.5 Å². The number of nitrogens with one attached hydrogen (secondary N) is 2. The van der Waals surface area contributed by atoms with Crippen LogP contribution in [0.25, 0.3) is 0 Å². The molecule has 9 nitrogen and oxygen atoms in total. The molecule has 1 aromatic carbocycles. The summed E-state index contributed by atoms with van der Waals surface area (Å²) in [6.45, 7) is 3.51. The van der Waals surface area contributed by atoms with E-state index < -0.39 is 36.3 Å². The Morgan fingerprint density at radius 2 is 1.83 bits per heavy atom. The van der Waals surface area contributed by atoms with E-state index in [9.17, 15) is 14.4 Å². The highest BCUT2D eigenvalue weighted by molar-refractivity contribution is 5.94. The first-order chi connectivity index (χ1) is 13.8. The van der Waals surface area contributed by atoms with Gasteiger partial charge in [0.1, 0.15) is 6.04 Å². The fourth-order valence-corrected chi connectivity index (χ4v) is 2.58. The molecule has 0 saturated carbocycles. The number of aryl methyl sites for hydroxylation is 1. The number of carboxylic acids is 1. The molecule has 0 heterocycles. The average molecular weight is 407 g/mol. The van der Waals surface area contributed by atoms with Crippen molar-refractivity contribution < 1.29 is 29.0 Å². The number of guanidine groups is 1. The number of rotatable bonds is 10. The molecule has 160 valence electrons. The number of nitrogens with zero attached hydrogens (tertiary/aromatic N) is 1. The van der Waals surface area contributed by atoms with E-state index in [1.807, 2.05) is 37.3 Å². The van der Waals surface area contributed by atoms with Crippen LogP contribution in [0.5, 0.6) is 0 Å². The van der Waals surface area contributed by atoms with Crippen molar-refractivity contribution in [1.82, 2.24) is 10.2 Å². The predicted molar refractivity (Wildman–Crippen MR) is 106 cm³/mol. The van der Waals surface area contributed by atoms with Crippen LogP contribution in [0.3, 0.4) is 0 Å². The Balaban J connectivity index is 2.54. The summed E-state index contributed by atoms with van der Waals surface area (Å²) >= 11 is 0. The van der Waals surface area contributed by atoms with Crippen molar-refractivity contribution in [3.05, 3.63) is 35.9 Å². The number of alkyl carbamates (subject to hydrolysis) is 1. The van der Waals surface area contributed by atoms with Crippen molar-refractivity contribution in [3.8, 4) is 0 Å². The van der Waals surface area contributed by atoms with E-state index in [4.69, 9.17) is 20.0 Å². The van der Waals surface area contributed by atoms with Crippen LogP contribution in [0.15, 0.2) is 30.3 Å². The van der Waals surface area contributed by atoms with E-state index in [0.717, 1.165) is 10.5 Å². The highest BCUT2D eigenvalue weighted by atomic mass is 16.7. The molecular formula is C20H29N3O6. The Morgan fingerprint density at radius 1 is 1.17 bits per heavy atom. The van der Waals surface area contributed by atoms with Gasteiger partial charge in [0.2, 0.25) is 12.2 Å². The zero-order chi connectivity index (χ0) is 21.8. The van der Waals surface area contributed by atoms with Gasteiger partial charge in [0.25, 0.3) is 0 Å². The maximum atomic E-state index is 12.1. The van der Waals surface area contributed by atoms with Crippen molar-refractivity contribution in [2.24, 2.45) is 0 Å². The van der Waals surface area contributed by atoms with E-state index in [2.05, 4.69) is 5.32 Å². The van der Waals surface area contributed by atoms with Gasteiger partial charge in [-0.15, -0.1) is 0 Å². The molecule has 9 heteroatoms. The Kier molecular flexibility index (Phi) is 10.2. The second kappa shape index (κ2) is 12.4. The molecule has 0 bridgehead atoms. The van der Waals surface area contributed by atoms with E-state index in [0.29, 0.717) is 19.3 Å². The minimum absolute atomic E-state index is 0.143. The van der Waals surface area contributed by atoms with Crippen LogP contribution in [0.4, 0.5) is 4.79 Å².